The van der Waals surface area contributed by atoms with Crippen LogP contribution in [0.4, 0.5) is 10.1 Å². The Bertz CT molecular complexity index is 1090. The summed E-state index contributed by atoms with van der Waals surface area (Å²) in [5, 5.41) is 15.2. The zero-order valence-corrected chi connectivity index (χ0v) is 15.5. The molecule has 2 aromatic carbocycles. The Hall–Kier alpha value is -4.35. The molecule has 0 aliphatic carbocycles. The van der Waals surface area contributed by atoms with Crippen molar-refractivity contribution < 1.29 is 23.6 Å². The number of ether oxygens (including phenoxy) is 1. The van der Waals surface area contributed by atoms with Gasteiger partial charge in [-0.3, -0.25) is 30.6 Å². The third-order valence-electron chi connectivity index (χ3n) is 3.91. The fourth-order valence-electron chi connectivity index (χ4n) is 2.41. The Labute approximate surface area is 168 Å². The molecule has 3 aromatic rings. The third kappa shape index (κ3) is 4.55. The van der Waals surface area contributed by atoms with E-state index >= 15 is 0 Å². The van der Waals surface area contributed by atoms with Gasteiger partial charge in [0.05, 0.1) is 4.92 Å². The van der Waals surface area contributed by atoms with Gasteiger partial charge in [-0.1, -0.05) is 12.1 Å². The highest BCUT2D eigenvalue weighted by atomic mass is 19.1. The Kier molecular flexibility index (Phi) is 5.96. The number of amides is 2. The van der Waals surface area contributed by atoms with Gasteiger partial charge in [0, 0.05) is 11.6 Å². The highest BCUT2D eigenvalue weighted by Gasteiger charge is 2.21. The van der Waals surface area contributed by atoms with Crippen LogP contribution in [0.3, 0.4) is 0 Å². The van der Waals surface area contributed by atoms with Crippen molar-refractivity contribution in [3.8, 4) is 11.4 Å². The van der Waals surface area contributed by atoms with Gasteiger partial charge in [-0.05, 0) is 31.2 Å². The number of carbonyl (C=O) groups excluding carboxylic acids is 2. The first kappa shape index (κ1) is 20.4. The summed E-state index contributed by atoms with van der Waals surface area (Å²) in [6.45, 7) is 1.37. The van der Waals surface area contributed by atoms with Gasteiger partial charge in [-0.15, -0.1) is 0 Å². The van der Waals surface area contributed by atoms with E-state index in [9.17, 15) is 24.1 Å². The lowest BCUT2D eigenvalue weighted by atomic mass is 10.1. The van der Waals surface area contributed by atoms with Crippen LogP contribution in [0.5, 0.6) is 5.75 Å². The van der Waals surface area contributed by atoms with Crippen molar-refractivity contribution >= 4 is 17.5 Å². The molecule has 1 aromatic heterocycles. The lowest BCUT2D eigenvalue weighted by molar-refractivity contribution is -0.384. The van der Waals surface area contributed by atoms with Gasteiger partial charge in [0.1, 0.15) is 18.3 Å². The van der Waals surface area contributed by atoms with Crippen molar-refractivity contribution in [2.24, 2.45) is 0 Å². The number of nitrogens with zero attached hydrogens (tertiary/aromatic N) is 4. The van der Waals surface area contributed by atoms with Crippen LogP contribution in [-0.4, -0.2) is 37.6 Å². The summed E-state index contributed by atoms with van der Waals surface area (Å²) < 4.78 is 20.0. The van der Waals surface area contributed by atoms with Crippen LogP contribution in [0, 0.1) is 15.9 Å². The molecule has 0 spiro atoms. The number of hydrogen-bond donors (Lipinski definition) is 2. The molecule has 11 nitrogen and oxygen atoms in total. The van der Waals surface area contributed by atoms with Crippen LogP contribution < -0.4 is 15.6 Å². The molecule has 0 aliphatic rings. The molecule has 3 rings (SSSR count). The molecule has 154 valence electrons. The fraction of sp³-hybridized carbons (Fsp3) is 0.111. The van der Waals surface area contributed by atoms with E-state index in [2.05, 4.69) is 20.9 Å². The van der Waals surface area contributed by atoms with Crippen LogP contribution in [0.1, 0.15) is 17.3 Å². The Morgan fingerprint density at radius 1 is 1.23 bits per heavy atom. The Balaban J connectivity index is 1.66. The van der Waals surface area contributed by atoms with Crippen LogP contribution >= 0.6 is 0 Å². The highest BCUT2D eigenvalue weighted by molar-refractivity contribution is 5.96. The average molecular weight is 414 g/mol. The smallest absolute Gasteiger partial charge is 0.295 e. The molecule has 12 heteroatoms. The quantitative estimate of drug-likeness (QED) is 0.460. The van der Waals surface area contributed by atoms with Gasteiger partial charge in [0.2, 0.25) is 0 Å². The zero-order valence-electron chi connectivity index (χ0n) is 15.5. The predicted molar refractivity (Wildman–Crippen MR) is 100 cm³/mol. The minimum atomic E-state index is -1.12. The third-order valence-corrected chi connectivity index (χ3v) is 3.91. The molecule has 1 atom stereocenters. The number of benzene rings is 2. The van der Waals surface area contributed by atoms with E-state index in [0.29, 0.717) is 0 Å². The summed E-state index contributed by atoms with van der Waals surface area (Å²) in [5.41, 5.74) is 3.92. The fourth-order valence-corrected chi connectivity index (χ4v) is 2.41. The number of hydrazine groups is 1. The lowest BCUT2D eigenvalue weighted by Gasteiger charge is -2.15. The first-order valence-corrected chi connectivity index (χ1v) is 8.51. The molecular weight excluding hydrogens is 399 g/mol. The molecule has 0 radical (unpaired) electrons. The summed E-state index contributed by atoms with van der Waals surface area (Å²) in [5.74, 6) is -2.30. The SMILES string of the molecule is C[C@@H](Oc1ccccc1F)C(=O)NNC(=O)c1ccc(-n2cncn2)c([N+](=O)[O-])c1. The van der Waals surface area contributed by atoms with E-state index in [0.717, 1.165) is 6.07 Å². The molecule has 0 fully saturated rings. The van der Waals surface area contributed by atoms with Gasteiger partial charge >= 0.3 is 0 Å². The maximum absolute atomic E-state index is 13.6. The number of carbonyl (C=O) groups is 2. The van der Waals surface area contributed by atoms with Crippen molar-refractivity contribution in [2.75, 3.05) is 0 Å². The first-order valence-electron chi connectivity index (χ1n) is 8.51. The number of hydrogen-bond acceptors (Lipinski definition) is 7. The summed E-state index contributed by atoms with van der Waals surface area (Å²) in [7, 11) is 0. The maximum Gasteiger partial charge on any atom is 0.295 e. The topological polar surface area (TPSA) is 141 Å². The number of nitrogens with one attached hydrogen (secondary N) is 2. The summed E-state index contributed by atoms with van der Waals surface area (Å²) in [4.78, 5) is 38.7. The largest absolute Gasteiger partial charge is 0.478 e. The standard InChI is InChI=1S/C18H15FN6O5/c1-11(30-16-5-3-2-4-13(16)19)17(26)22-23-18(27)12-6-7-14(15(8-12)25(28)29)24-10-20-9-21-24/h2-11H,1H3,(H,22,26)(H,23,27)/t11-/m1/s1. The first-order chi connectivity index (χ1) is 14.4. The number of para-hydroxylation sites is 1. The van der Waals surface area contributed by atoms with Gasteiger partial charge < -0.3 is 4.74 Å². The molecule has 0 saturated heterocycles. The van der Waals surface area contributed by atoms with Crippen molar-refractivity contribution in [1.29, 1.82) is 0 Å². The molecule has 1 heterocycles. The molecular formula is C18H15FN6O5. The average Bonchev–Trinajstić information content (AvgIpc) is 3.27. The number of nitro benzene ring substituents is 1. The van der Waals surface area contributed by atoms with Gasteiger partial charge in [0.25, 0.3) is 17.5 Å². The minimum absolute atomic E-state index is 0.0754. The van der Waals surface area contributed by atoms with Crippen molar-refractivity contribution in [1.82, 2.24) is 25.6 Å². The van der Waals surface area contributed by atoms with Crippen LogP contribution in [0.15, 0.2) is 55.1 Å². The molecule has 0 saturated carbocycles. The van der Waals surface area contributed by atoms with Crippen molar-refractivity contribution in [2.45, 2.75) is 13.0 Å². The number of nitro groups is 1. The number of rotatable bonds is 6. The normalized spacial score (nSPS) is 11.4. The molecule has 0 bridgehead atoms. The number of halogens is 1. The molecule has 2 amide bonds. The lowest BCUT2D eigenvalue weighted by Crippen LogP contribution is -2.47. The van der Waals surface area contributed by atoms with Crippen LogP contribution in [0.25, 0.3) is 5.69 Å². The van der Waals surface area contributed by atoms with Gasteiger partial charge in [-0.25, -0.2) is 14.1 Å². The van der Waals surface area contributed by atoms with Gasteiger partial charge in [-0.2, -0.15) is 5.10 Å². The van der Waals surface area contributed by atoms with Crippen LogP contribution in [-0.2, 0) is 4.79 Å². The highest BCUT2D eigenvalue weighted by Crippen LogP contribution is 2.23. The predicted octanol–water partition coefficient (Wildman–Crippen LogP) is 1.54. The zero-order chi connectivity index (χ0) is 21.7. The van der Waals surface area contributed by atoms with E-state index in [4.69, 9.17) is 4.74 Å². The van der Waals surface area contributed by atoms with E-state index in [-0.39, 0.29) is 22.7 Å². The van der Waals surface area contributed by atoms with E-state index in [1.165, 1.54) is 54.6 Å². The molecule has 0 aliphatic heterocycles. The van der Waals surface area contributed by atoms with E-state index in [1.54, 1.807) is 6.07 Å². The second-order valence-corrected chi connectivity index (χ2v) is 5.93. The van der Waals surface area contributed by atoms with Gasteiger partial charge in [0.15, 0.2) is 17.7 Å². The summed E-state index contributed by atoms with van der Waals surface area (Å²) >= 11 is 0. The molecule has 0 unspecified atom stereocenters. The molecule has 30 heavy (non-hydrogen) atoms. The molecule has 2 N–H and O–H groups in total. The van der Waals surface area contributed by atoms with E-state index < -0.39 is 28.7 Å². The maximum atomic E-state index is 13.6. The summed E-state index contributed by atoms with van der Waals surface area (Å²) in [6, 6.07) is 9.24. The van der Waals surface area contributed by atoms with E-state index in [1.807, 2.05) is 0 Å². The Morgan fingerprint density at radius 3 is 2.67 bits per heavy atom. The summed E-state index contributed by atoms with van der Waals surface area (Å²) in [6.07, 6.45) is 1.37. The second-order valence-electron chi connectivity index (χ2n) is 5.93. The van der Waals surface area contributed by atoms with Crippen molar-refractivity contribution in [3.05, 3.63) is 76.6 Å². The monoisotopic (exact) mass is 414 g/mol. The Morgan fingerprint density at radius 2 is 2.00 bits per heavy atom. The minimum Gasteiger partial charge on any atom is -0.478 e. The van der Waals surface area contributed by atoms with Crippen molar-refractivity contribution in [3.63, 3.8) is 0 Å². The number of aromatic nitrogens is 3. The van der Waals surface area contributed by atoms with Crippen LogP contribution in [0.2, 0.25) is 0 Å². The second kappa shape index (κ2) is 8.77.